The van der Waals surface area contributed by atoms with E-state index in [0.29, 0.717) is 12.4 Å². The van der Waals surface area contributed by atoms with E-state index in [9.17, 15) is 5.11 Å². The number of aliphatic hydroxyl groups excluding tert-OH is 1. The highest BCUT2D eigenvalue weighted by Crippen LogP contribution is 2.29. The lowest BCUT2D eigenvalue weighted by Crippen LogP contribution is -2.05. The zero-order chi connectivity index (χ0) is 14.0. The first-order valence-corrected chi connectivity index (χ1v) is 6.86. The minimum absolute atomic E-state index is 0.429. The molecule has 0 aliphatic rings. The molecule has 1 aromatic heterocycles. The van der Waals surface area contributed by atoms with Gasteiger partial charge in [-0.25, -0.2) is 0 Å². The molecule has 0 spiro atoms. The first kappa shape index (κ1) is 14.1. The van der Waals surface area contributed by atoms with Crippen molar-refractivity contribution in [2.75, 3.05) is 0 Å². The molecule has 102 valence electrons. The SMILES string of the molecule is Cc1cc(COc2ccc(Br)cc2C(C)O)n(C)n1. The number of aryl methyl sites for hydroxylation is 2. The molecule has 1 atom stereocenters. The molecule has 1 aromatic carbocycles. The van der Waals surface area contributed by atoms with Gasteiger partial charge in [-0.1, -0.05) is 15.9 Å². The molecular weight excluding hydrogens is 308 g/mol. The van der Waals surface area contributed by atoms with E-state index < -0.39 is 6.10 Å². The highest BCUT2D eigenvalue weighted by molar-refractivity contribution is 9.10. The van der Waals surface area contributed by atoms with E-state index in [4.69, 9.17) is 4.74 Å². The van der Waals surface area contributed by atoms with Crippen LogP contribution in [0.3, 0.4) is 0 Å². The van der Waals surface area contributed by atoms with Crippen molar-refractivity contribution in [3.8, 4) is 5.75 Å². The molecule has 1 heterocycles. The first-order valence-electron chi connectivity index (χ1n) is 6.07. The van der Waals surface area contributed by atoms with Crippen molar-refractivity contribution in [2.24, 2.45) is 7.05 Å². The Balaban J connectivity index is 2.17. The predicted molar refractivity (Wildman–Crippen MR) is 77.1 cm³/mol. The molecule has 0 radical (unpaired) electrons. The van der Waals surface area contributed by atoms with Gasteiger partial charge < -0.3 is 9.84 Å². The Bertz CT molecular complexity index is 579. The molecule has 1 N–H and O–H groups in total. The third-order valence-corrected chi connectivity index (χ3v) is 3.39. The number of halogens is 1. The Kier molecular flexibility index (Phi) is 4.27. The standard InChI is InChI=1S/C14H17BrN2O2/c1-9-6-12(17(3)16-9)8-19-14-5-4-11(15)7-13(14)10(2)18/h4-7,10,18H,8H2,1-3H3. The minimum atomic E-state index is -0.569. The lowest BCUT2D eigenvalue weighted by Gasteiger charge is -2.14. The van der Waals surface area contributed by atoms with Crippen LogP contribution in [-0.2, 0) is 13.7 Å². The number of benzene rings is 1. The maximum absolute atomic E-state index is 9.77. The first-order chi connectivity index (χ1) is 8.97. The maximum Gasteiger partial charge on any atom is 0.130 e. The van der Waals surface area contributed by atoms with Gasteiger partial charge in [0.2, 0.25) is 0 Å². The second-order valence-corrected chi connectivity index (χ2v) is 5.46. The van der Waals surface area contributed by atoms with Crippen molar-refractivity contribution >= 4 is 15.9 Å². The van der Waals surface area contributed by atoms with Crippen LogP contribution in [0.25, 0.3) is 0 Å². The van der Waals surface area contributed by atoms with E-state index in [-0.39, 0.29) is 0 Å². The Morgan fingerprint density at radius 3 is 2.74 bits per heavy atom. The molecule has 0 aliphatic carbocycles. The smallest absolute Gasteiger partial charge is 0.130 e. The van der Waals surface area contributed by atoms with E-state index in [1.165, 1.54) is 0 Å². The number of aliphatic hydroxyl groups is 1. The summed E-state index contributed by atoms with van der Waals surface area (Å²) < 4.78 is 8.52. The molecule has 19 heavy (non-hydrogen) atoms. The van der Waals surface area contributed by atoms with E-state index in [1.54, 1.807) is 11.6 Å². The third kappa shape index (κ3) is 3.36. The Labute approximate surface area is 121 Å². The molecular formula is C14H17BrN2O2. The summed E-state index contributed by atoms with van der Waals surface area (Å²) >= 11 is 3.39. The second-order valence-electron chi connectivity index (χ2n) is 4.55. The number of rotatable bonds is 4. The number of hydrogen-bond donors (Lipinski definition) is 1. The van der Waals surface area contributed by atoms with E-state index >= 15 is 0 Å². The zero-order valence-corrected chi connectivity index (χ0v) is 12.8. The molecule has 0 fully saturated rings. The van der Waals surface area contributed by atoms with Gasteiger partial charge in [0.05, 0.1) is 17.5 Å². The monoisotopic (exact) mass is 324 g/mol. The third-order valence-electron chi connectivity index (χ3n) is 2.90. The van der Waals surface area contributed by atoms with Crippen molar-refractivity contribution in [3.05, 3.63) is 45.7 Å². The minimum Gasteiger partial charge on any atom is -0.487 e. The number of hydrogen-bond acceptors (Lipinski definition) is 3. The average Bonchev–Trinajstić information content (AvgIpc) is 2.66. The van der Waals surface area contributed by atoms with Crippen LogP contribution in [-0.4, -0.2) is 14.9 Å². The lowest BCUT2D eigenvalue weighted by molar-refractivity contribution is 0.189. The fourth-order valence-electron chi connectivity index (χ4n) is 1.93. The van der Waals surface area contributed by atoms with Crippen molar-refractivity contribution in [1.29, 1.82) is 0 Å². The molecule has 2 rings (SSSR count). The van der Waals surface area contributed by atoms with Crippen molar-refractivity contribution in [2.45, 2.75) is 26.6 Å². The van der Waals surface area contributed by atoms with Crippen LogP contribution in [0.5, 0.6) is 5.75 Å². The van der Waals surface area contributed by atoms with Crippen molar-refractivity contribution < 1.29 is 9.84 Å². The summed E-state index contributed by atoms with van der Waals surface area (Å²) in [5.41, 5.74) is 2.73. The van der Waals surface area contributed by atoms with Crippen LogP contribution in [0.15, 0.2) is 28.7 Å². The van der Waals surface area contributed by atoms with Crippen molar-refractivity contribution in [3.63, 3.8) is 0 Å². The van der Waals surface area contributed by atoms with Gasteiger partial charge in [0.15, 0.2) is 0 Å². The molecule has 0 amide bonds. The van der Waals surface area contributed by atoms with E-state index in [2.05, 4.69) is 21.0 Å². The summed E-state index contributed by atoms with van der Waals surface area (Å²) in [5.74, 6) is 0.692. The molecule has 0 bridgehead atoms. The average molecular weight is 325 g/mol. The number of ether oxygens (including phenoxy) is 1. The normalized spacial score (nSPS) is 12.5. The van der Waals surface area contributed by atoms with Gasteiger partial charge in [-0.3, -0.25) is 4.68 Å². The summed E-state index contributed by atoms with van der Waals surface area (Å²) in [4.78, 5) is 0. The highest BCUT2D eigenvalue weighted by Gasteiger charge is 2.11. The quantitative estimate of drug-likeness (QED) is 0.939. The zero-order valence-electron chi connectivity index (χ0n) is 11.2. The van der Waals surface area contributed by atoms with Crippen LogP contribution in [0.1, 0.15) is 30.0 Å². The largest absolute Gasteiger partial charge is 0.487 e. The summed E-state index contributed by atoms with van der Waals surface area (Å²) in [6.07, 6.45) is -0.569. The molecule has 0 saturated carbocycles. The Morgan fingerprint density at radius 2 is 2.16 bits per heavy atom. The second kappa shape index (κ2) is 5.75. The summed E-state index contributed by atoms with van der Waals surface area (Å²) in [6.45, 7) is 4.10. The van der Waals surface area contributed by atoms with Crippen LogP contribution in [0, 0.1) is 6.92 Å². The van der Waals surface area contributed by atoms with Gasteiger partial charge in [-0.2, -0.15) is 5.10 Å². The highest BCUT2D eigenvalue weighted by atomic mass is 79.9. The summed E-state index contributed by atoms with van der Waals surface area (Å²) in [7, 11) is 1.89. The van der Waals surface area contributed by atoms with E-state index in [0.717, 1.165) is 21.4 Å². The Hall–Kier alpha value is -1.33. The van der Waals surface area contributed by atoms with Crippen LogP contribution >= 0.6 is 15.9 Å². The molecule has 0 aliphatic heterocycles. The van der Waals surface area contributed by atoms with Gasteiger partial charge >= 0.3 is 0 Å². The summed E-state index contributed by atoms with van der Waals surface area (Å²) in [5, 5.41) is 14.0. The van der Waals surface area contributed by atoms with Crippen LogP contribution in [0.2, 0.25) is 0 Å². The van der Waals surface area contributed by atoms with Crippen LogP contribution in [0.4, 0.5) is 0 Å². The topological polar surface area (TPSA) is 47.3 Å². The molecule has 2 aromatic rings. The molecule has 5 heteroatoms. The fourth-order valence-corrected chi connectivity index (χ4v) is 2.31. The molecule has 4 nitrogen and oxygen atoms in total. The van der Waals surface area contributed by atoms with Gasteiger partial charge in [0.1, 0.15) is 12.4 Å². The van der Waals surface area contributed by atoms with Gasteiger partial charge in [0.25, 0.3) is 0 Å². The number of aromatic nitrogens is 2. The molecule has 0 saturated heterocycles. The maximum atomic E-state index is 9.77. The van der Waals surface area contributed by atoms with Crippen molar-refractivity contribution in [1.82, 2.24) is 9.78 Å². The fraction of sp³-hybridized carbons (Fsp3) is 0.357. The van der Waals surface area contributed by atoms with Gasteiger partial charge in [0, 0.05) is 17.1 Å². The Morgan fingerprint density at radius 1 is 1.42 bits per heavy atom. The number of nitrogens with zero attached hydrogens (tertiary/aromatic N) is 2. The predicted octanol–water partition coefficient (Wildman–Crippen LogP) is 3.12. The van der Waals surface area contributed by atoms with Gasteiger partial charge in [-0.05, 0) is 38.1 Å². The summed E-state index contributed by atoms with van der Waals surface area (Å²) in [6, 6.07) is 7.61. The van der Waals surface area contributed by atoms with Gasteiger partial charge in [-0.15, -0.1) is 0 Å². The van der Waals surface area contributed by atoms with Crippen LogP contribution < -0.4 is 4.74 Å². The molecule has 1 unspecified atom stereocenters. The van der Waals surface area contributed by atoms with E-state index in [1.807, 2.05) is 38.2 Å². The lowest BCUT2D eigenvalue weighted by atomic mass is 10.1.